The van der Waals surface area contributed by atoms with Gasteiger partial charge in [-0.15, -0.1) is 0 Å². The Bertz CT molecular complexity index is 624. The number of anilines is 1. The zero-order valence-corrected chi connectivity index (χ0v) is 12.5. The van der Waals surface area contributed by atoms with Crippen molar-refractivity contribution in [1.29, 1.82) is 5.41 Å². The smallest absolute Gasteiger partial charge is 0.124 e. The van der Waals surface area contributed by atoms with Gasteiger partial charge in [0.05, 0.1) is 5.02 Å². The van der Waals surface area contributed by atoms with Gasteiger partial charge in [0, 0.05) is 29.9 Å². The van der Waals surface area contributed by atoms with Crippen molar-refractivity contribution in [3.8, 4) is 0 Å². The first-order chi connectivity index (χ1) is 9.47. The highest BCUT2D eigenvalue weighted by Gasteiger charge is 2.08. The van der Waals surface area contributed by atoms with Crippen molar-refractivity contribution in [3.05, 3.63) is 63.6 Å². The zero-order valence-electron chi connectivity index (χ0n) is 11.0. The summed E-state index contributed by atoms with van der Waals surface area (Å²) in [5, 5.41) is 8.63. The van der Waals surface area contributed by atoms with E-state index >= 15 is 0 Å². The van der Waals surface area contributed by atoms with Crippen LogP contribution in [0.25, 0.3) is 0 Å². The third-order valence-corrected chi connectivity index (χ3v) is 3.58. The van der Waals surface area contributed by atoms with Crippen LogP contribution in [-0.4, -0.2) is 12.9 Å². The highest BCUT2D eigenvalue weighted by molar-refractivity contribution is 6.34. The molecule has 20 heavy (non-hydrogen) atoms. The molecule has 0 bridgehead atoms. The first kappa shape index (κ1) is 14.7. The minimum atomic E-state index is -0.0260. The number of halogens is 2. The van der Waals surface area contributed by atoms with Crippen molar-refractivity contribution in [3.63, 3.8) is 0 Å². The molecule has 0 aromatic heterocycles. The molecule has 0 amide bonds. The molecular weight excluding hydrogens is 293 g/mol. The van der Waals surface area contributed by atoms with E-state index in [1.54, 1.807) is 6.07 Å². The number of rotatable bonds is 4. The van der Waals surface area contributed by atoms with Gasteiger partial charge in [-0.05, 0) is 35.9 Å². The Labute approximate surface area is 128 Å². The number of nitrogen functional groups attached to an aromatic ring is 1. The Morgan fingerprint density at radius 1 is 1.15 bits per heavy atom. The van der Waals surface area contributed by atoms with Crippen LogP contribution >= 0.6 is 23.2 Å². The normalized spacial score (nSPS) is 10.3. The summed E-state index contributed by atoms with van der Waals surface area (Å²) in [5.41, 5.74) is 8.13. The molecule has 3 N–H and O–H groups in total. The van der Waals surface area contributed by atoms with Crippen LogP contribution in [0.5, 0.6) is 0 Å². The second-order valence-corrected chi connectivity index (χ2v) is 5.40. The number of nitrogens with one attached hydrogen (secondary N) is 1. The van der Waals surface area contributed by atoms with E-state index < -0.39 is 0 Å². The van der Waals surface area contributed by atoms with Crippen molar-refractivity contribution < 1.29 is 0 Å². The largest absolute Gasteiger partial charge is 0.384 e. The molecule has 0 saturated carbocycles. The maximum atomic E-state index is 7.42. The number of benzene rings is 2. The van der Waals surface area contributed by atoms with Gasteiger partial charge in [0.15, 0.2) is 0 Å². The van der Waals surface area contributed by atoms with Crippen LogP contribution in [0.4, 0.5) is 5.69 Å². The van der Waals surface area contributed by atoms with Crippen LogP contribution in [0, 0.1) is 5.41 Å². The molecule has 0 aliphatic heterocycles. The van der Waals surface area contributed by atoms with Crippen LogP contribution < -0.4 is 10.6 Å². The number of nitrogens with zero attached hydrogens (tertiary/aromatic N) is 1. The summed E-state index contributed by atoms with van der Waals surface area (Å²) in [4.78, 5) is 2.07. The standard InChI is InChI=1S/C15H15Cl2N3/c1-20(9-10-2-4-11(16)5-3-10)12-6-7-13(15(18)19)14(17)8-12/h2-8H,9H2,1H3,(H3,18,19). The van der Waals surface area contributed by atoms with Gasteiger partial charge in [-0.1, -0.05) is 35.3 Å². The predicted molar refractivity (Wildman–Crippen MR) is 86.0 cm³/mol. The van der Waals surface area contributed by atoms with Gasteiger partial charge < -0.3 is 10.6 Å². The molecule has 0 heterocycles. The van der Waals surface area contributed by atoms with Gasteiger partial charge in [0.25, 0.3) is 0 Å². The molecule has 104 valence electrons. The molecule has 2 aromatic rings. The molecule has 5 heteroatoms. The van der Waals surface area contributed by atoms with E-state index in [4.69, 9.17) is 34.3 Å². The summed E-state index contributed by atoms with van der Waals surface area (Å²) in [6.45, 7) is 0.743. The lowest BCUT2D eigenvalue weighted by Gasteiger charge is -2.20. The minimum Gasteiger partial charge on any atom is -0.384 e. The van der Waals surface area contributed by atoms with Crippen molar-refractivity contribution >= 4 is 34.7 Å². The lowest BCUT2D eigenvalue weighted by atomic mass is 10.1. The summed E-state index contributed by atoms with van der Waals surface area (Å²) < 4.78 is 0. The molecule has 0 atom stereocenters. The summed E-state index contributed by atoms with van der Waals surface area (Å²) in [7, 11) is 1.98. The molecule has 0 unspecified atom stereocenters. The average Bonchev–Trinajstić information content (AvgIpc) is 2.40. The van der Waals surface area contributed by atoms with E-state index in [0.29, 0.717) is 10.6 Å². The molecule has 2 rings (SSSR count). The van der Waals surface area contributed by atoms with E-state index in [1.807, 2.05) is 43.4 Å². The average molecular weight is 308 g/mol. The summed E-state index contributed by atoms with van der Waals surface area (Å²) in [6.07, 6.45) is 0. The van der Waals surface area contributed by atoms with Crippen LogP contribution in [-0.2, 0) is 6.54 Å². The van der Waals surface area contributed by atoms with Gasteiger partial charge in [0.1, 0.15) is 5.84 Å². The third-order valence-electron chi connectivity index (χ3n) is 3.02. The Morgan fingerprint density at radius 2 is 1.80 bits per heavy atom. The molecule has 0 aliphatic carbocycles. The summed E-state index contributed by atoms with van der Waals surface area (Å²) in [6, 6.07) is 13.2. The molecular formula is C15H15Cl2N3. The second kappa shape index (κ2) is 6.16. The van der Waals surface area contributed by atoms with Crippen molar-refractivity contribution in [2.45, 2.75) is 6.54 Å². The molecule has 3 nitrogen and oxygen atoms in total. The van der Waals surface area contributed by atoms with Crippen molar-refractivity contribution in [1.82, 2.24) is 0 Å². The number of hydrogen-bond donors (Lipinski definition) is 2. The van der Waals surface area contributed by atoms with E-state index in [9.17, 15) is 0 Å². The monoisotopic (exact) mass is 307 g/mol. The molecule has 0 spiro atoms. The second-order valence-electron chi connectivity index (χ2n) is 4.56. The van der Waals surface area contributed by atoms with Crippen molar-refractivity contribution in [2.24, 2.45) is 5.73 Å². The van der Waals surface area contributed by atoms with Crippen LogP contribution in [0.1, 0.15) is 11.1 Å². The van der Waals surface area contributed by atoms with Crippen LogP contribution in [0.15, 0.2) is 42.5 Å². The summed E-state index contributed by atoms with van der Waals surface area (Å²) in [5.74, 6) is -0.0260. The van der Waals surface area contributed by atoms with E-state index in [1.165, 1.54) is 0 Å². The molecule has 0 saturated heterocycles. The van der Waals surface area contributed by atoms with Gasteiger partial charge in [0.2, 0.25) is 0 Å². The Morgan fingerprint density at radius 3 is 2.35 bits per heavy atom. The predicted octanol–water partition coefficient (Wildman–Crippen LogP) is 3.91. The number of nitrogens with two attached hydrogens (primary N) is 1. The van der Waals surface area contributed by atoms with E-state index in [-0.39, 0.29) is 5.84 Å². The topological polar surface area (TPSA) is 53.1 Å². The fourth-order valence-corrected chi connectivity index (χ4v) is 2.32. The lowest BCUT2D eigenvalue weighted by Crippen LogP contribution is -2.17. The minimum absolute atomic E-state index is 0.0260. The first-order valence-corrected chi connectivity index (χ1v) is 6.82. The van der Waals surface area contributed by atoms with E-state index in [2.05, 4.69) is 4.90 Å². The maximum absolute atomic E-state index is 7.42. The molecule has 0 fully saturated rings. The Balaban J connectivity index is 2.17. The molecule has 0 aliphatic rings. The Kier molecular flexibility index (Phi) is 4.53. The van der Waals surface area contributed by atoms with Gasteiger partial charge >= 0.3 is 0 Å². The van der Waals surface area contributed by atoms with Crippen molar-refractivity contribution in [2.75, 3.05) is 11.9 Å². The van der Waals surface area contributed by atoms with Gasteiger partial charge in [-0.25, -0.2) is 0 Å². The SMILES string of the molecule is CN(Cc1ccc(Cl)cc1)c1ccc(C(=N)N)c(Cl)c1. The Hall–Kier alpha value is -1.71. The summed E-state index contributed by atoms with van der Waals surface area (Å²) >= 11 is 12.0. The number of hydrogen-bond acceptors (Lipinski definition) is 2. The maximum Gasteiger partial charge on any atom is 0.124 e. The van der Waals surface area contributed by atoms with Gasteiger partial charge in [-0.3, -0.25) is 5.41 Å². The number of amidine groups is 1. The molecule has 2 aromatic carbocycles. The fourth-order valence-electron chi connectivity index (χ4n) is 1.91. The highest BCUT2D eigenvalue weighted by Crippen LogP contribution is 2.24. The van der Waals surface area contributed by atoms with Gasteiger partial charge in [-0.2, -0.15) is 0 Å². The molecule has 0 radical (unpaired) electrons. The quantitative estimate of drug-likeness (QED) is 0.664. The van der Waals surface area contributed by atoms with E-state index in [0.717, 1.165) is 22.8 Å². The van der Waals surface area contributed by atoms with Crippen LogP contribution in [0.3, 0.4) is 0 Å². The van der Waals surface area contributed by atoms with Crippen LogP contribution in [0.2, 0.25) is 10.0 Å². The highest BCUT2D eigenvalue weighted by atomic mass is 35.5. The fraction of sp³-hybridized carbons (Fsp3) is 0.133. The third kappa shape index (κ3) is 3.44. The zero-order chi connectivity index (χ0) is 14.7. The first-order valence-electron chi connectivity index (χ1n) is 6.07. The lowest BCUT2D eigenvalue weighted by molar-refractivity contribution is 0.923.